The van der Waals surface area contributed by atoms with Crippen molar-refractivity contribution in [3.8, 4) is 5.75 Å². The van der Waals surface area contributed by atoms with E-state index in [1.165, 1.54) is 13.8 Å². The smallest absolute Gasteiger partial charge is 0.305 e. The quantitative estimate of drug-likeness (QED) is 0.185. The molecule has 3 rings (SSSR count). The summed E-state index contributed by atoms with van der Waals surface area (Å²) in [6.07, 6.45) is -0.790. The zero-order valence-corrected chi connectivity index (χ0v) is 22.5. The van der Waals surface area contributed by atoms with Crippen LogP contribution in [0.25, 0.3) is 0 Å². The van der Waals surface area contributed by atoms with Gasteiger partial charge in [-0.05, 0) is 25.2 Å². The van der Waals surface area contributed by atoms with E-state index >= 15 is 0 Å². The molecule has 1 fully saturated rings. The van der Waals surface area contributed by atoms with Gasteiger partial charge in [-0.15, -0.1) is 0 Å². The number of carboxylic acids is 1. The number of carbonyl (C=O) groups is 3. The number of hydrogen-bond acceptors (Lipinski definition) is 7. The third-order valence-corrected chi connectivity index (χ3v) is 6.52. The highest BCUT2D eigenvalue weighted by atomic mass is 19.2. The van der Waals surface area contributed by atoms with Gasteiger partial charge in [0, 0.05) is 12.7 Å². The maximum Gasteiger partial charge on any atom is 0.305 e. The summed E-state index contributed by atoms with van der Waals surface area (Å²) in [4.78, 5) is 40.0. The van der Waals surface area contributed by atoms with Crippen LogP contribution in [0.2, 0.25) is 0 Å². The number of aromatic nitrogens is 1. The number of aliphatic carboxylic acids is 1. The topological polar surface area (TPSA) is 127 Å². The molecule has 0 saturated carbocycles. The molecule has 1 aliphatic rings. The van der Waals surface area contributed by atoms with Crippen molar-refractivity contribution in [3.05, 3.63) is 58.4 Å². The van der Waals surface area contributed by atoms with Crippen LogP contribution in [0, 0.1) is 52.7 Å². The van der Waals surface area contributed by atoms with Gasteiger partial charge < -0.3 is 19.9 Å². The first kappa shape index (κ1) is 33.6. The third kappa shape index (κ3) is 7.38. The zero-order chi connectivity index (χ0) is 32.2. The van der Waals surface area contributed by atoms with E-state index in [-0.39, 0.29) is 25.5 Å². The summed E-state index contributed by atoms with van der Waals surface area (Å²) in [5.41, 5.74) is -3.54. The van der Waals surface area contributed by atoms with Gasteiger partial charge in [-0.2, -0.15) is 22.5 Å². The van der Waals surface area contributed by atoms with Crippen molar-refractivity contribution < 1.29 is 64.1 Å². The molecule has 1 aromatic heterocycles. The van der Waals surface area contributed by atoms with E-state index in [0.29, 0.717) is 6.42 Å². The first-order valence-electron chi connectivity index (χ1n) is 12.7. The van der Waals surface area contributed by atoms with Gasteiger partial charge in [-0.3, -0.25) is 19.7 Å². The Morgan fingerprint density at radius 3 is 2.05 bits per heavy atom. The normalized spacial score (nSPS) is 18.3. The van der Waals surface area contributed by atoms with Gasteiger partial charge in [-0.1, -0.05) is 13.8 Å². The van der Waals surface area contributed by atoms with Crippen LogP contribution in [0.15, 0.2) is 6.07 Å². The Morgan fingerprint density at radius 1 is 0.977 bits per heavy atom. The van der Waals surface area contributed by atoms with Gasteiger partial charge in [-0.25, -0.2) is 17.6 Å². The standard InChI is InChI=1S/C26H25F8N3O6/c1-10(2)21(37-26(5-3-4-6-43-26)16-19(31)23(33)36-24(34)20(16)32)25(41)35-13(8-15(39)40)14(38)9-42-22-17(29)11(27)7-12(28)18(22)30/h7,10,13,21,37H,3-6,8-9H2,1-2H3,(H,35,41)(H,39,40)/t13-,21-,26?/m0/s1. The zero-order valence-electron chi connectivity index (χ0n) is 22.5. The summed E-state index contributed by atoms with van der Waals surface area (Å²) in [7, 11) is 0. The molecular weight excluding hydrogens is 602 g/mol. The van der Waals surface area contributed by atoms with Crippen molar-refractivity contribution >= 4 is 17.7 Å². The average Bonchev–Trinajstić information content (AvgIpc) is 2.93. The summed E-state index contributed by atoms with van der Waals surface area (Å²) in [6, 6.07) is -3.63. The molecule has 43 heavy (non-hydrogen) atoms. The second-order valence-corrected chi connectivity index (χ2v) is 9.91. The maximum absolute atomic E-state index is 14.8. The lowest BCUT2D eigenvalue weighted by molar-refractivity contribution is -0.144. The Balaban J connectivity index is 1.90. The predicted molar refractivity (Wildman–Crippen MR) is 128 cm³/mol. The minimum Gasteiger partial charge on any atom is -0.481 e. The number of hydrogen-bond donors (Lipinski definition) is 3. The minimum atomic E-state index is -2.31. The van der Waals surface area contributed by atoms with Gasteiger partial charge in [0.05, 0.1) is 18.0 Å². The fourth-order valence-corrected chi connectivity index (χ4v) is 4.41. The first-order valence-corrected chi connectivity index (χ1v) is 12.7. The van der Waals surface area contributed by atoms with E-state index in [4.69, 9.17) is 4.74 Å². The van der Waals surface area contributed by atoms with Gasteiger partial charge in [0.2, 0.25) is 17.5 Å². The summed E-state index contributed by atoms with van der Waals surface area (Å²) in [6.45, 7) is 1.34. The summed E-state index contributed by atoms with van der Waals surface area (Å²) >= 11 is 0. The van der Waals surface area contributed by atoms with Crippen molar-refractivity contribution in [2.45, 2.75) is 57.3 Å². The summed E-state index contributed by atoms with van der Waals surface area (Å²) in [5, 5.41) is 13.9. The Bertz CT molecular complexity index is 1350. The largest absolute Gasteiger partial charge is 0.481 e. The van der Waals surface area contributed by atoms with Crippen LogP contribution in [-0.2, 0) is 24.8 Å². The van der Waals surface area contributed by atoms with Crippen LogP contribution in [0.1, 0.15) is 45.1 Å². The Hall–Kier alpha value is -3.86. The van der Waals surface area contributed by atoms with E-state index in [9.17, 15) is 54.6 Å². The number of rotatable bonds is 12. The molecule has 3 N–H and O–H groups in total. The fourth-order valence-electron chi connectivity index (χ4n) is 4.41. The highest BCUT2D eigenvalue weighted by Crippen LogP contribution is 2.38. The molecule has 1 aromatic carbocycles. The van der Waals surface area contributed by atoms with Gasteiger partial charge in [0.15, 0.2) is 40.5 Å². The number of nitrogens with zero attached hydrogens (tertiary/aromatic N) is 1. The summed E-state index contributed by atoms with van der Waals surface area (Å²) < 4.78 is 123. The number of ether oxygens (including phenoxy) is 2. The number of ketones is 1. The molecule has 1 saturated heterocycles. The summed E-state index contributed by atoms with van der Waals surface area (Å²) in [5.74, 6) is -21.9. The van der Waals surface area contributed by atoms with Crippen LogP contribution in [0.5, 0.6) is 5.75 Å². The lowest BCUT2D eigenvalue weighted by Crippen LogP contribution is -2.60. The van der Waals surface area contributed by atoms with Crippen molar-refractivity contribution in [3.63, 3.8) is 0 Å². The molecule has 2 heterocycles. The molecule has 1 unspecified atom stereocenters. The number of nitrogens with one attached hydrogen (secondary N) is 2. The van der Waals surface area contributed by atoms with Crippen molar-refractivity contribution in [2.75, 3.05) is 13.2 Å². The molecule has 1 amide bonds. The number of pyridine rings is 1. The van der Waals surface area contributed by atoms with Crippen molar-refractivity contribution in [1.82, 2.24) is 15.6 Å². The molecular formula is C26H25F8N3O6. The number of carboxylic acid groups (broad SMARTS) is 1. The number of halogens is 8. The predicted octanol–water partition coefficient (Wildman–Crippen LogP) is 3.77. The van der Waals surface area contributed by atoms with E-state index < -0.39 is 113 Å². The van der Waals surface area contributed by atoms with Gasteiger partial charge >= 0.3 is 5.97 Å². The van der Waals surface area contributed by atoms with Crippen LogP contribution >= 0.6 is 0 Å². The van der Waals surface area contributed by atoms with E-state index in [1.807, 2.05) is 0 Å². The minimum absolute atomic E-state index is 0.110. The van der Waals surface area contributed by atoms with Gasteiger partial charge in [0.25, 0.3) is 11.9 Å². The highest BCUT2D eigenvalue weighted by molar-refractivity contribution is 5.94. The molecule has 0 aliphatic carbocycles. The molecule has 9 nitrogen and oxygen atoms in total. The Morgan fingerprint density at radius 2 is 1.56 bits per heavy atom. The van der Waals surface area contributed by atoms with E-state index in [1.54, 1.807) is 0 Å². The van der Waals surface area contributed by atoms with Crippen LogP contribution in [0.3, 0.4) is 0 Å². The van der Waals surface area contributed by atoms with Crippen molar-refractivity contribution in [1.29, 1.82) is 0 Å². The molecule has 0 radical (unpaired) electrons. The Kier molecular flexibility index (Phi) is 10.7. The SMILES string of the molecule is CC(C)[C@H](NC1(c2c(F)c(F)nc(F)c2F)CCCCO1)C(=O)N[C@@H](CC(=O)O)C(=O)COc1c(F)c(F)cc(F)c1F. The first-order chi connectivity index (χ1) is 20.1. The van der Waals surface area contributed by atoms with E-state index in [2.05, 4.69) is 20.4 Å². The lowest BCUT2D eigenvalue weighted by Gasteiger charge is -2.42. The molecule has 1 aliphatic heterocycles. The molecule has 0 spiro atoms. The van der Waals surface area contributed by atoms with Crippen LogP contribution < -0.4 is 15.4 Å². The Labute approximate surface area is 238 Å². The maximum atomic E-state index is 14.8. The number of Topliss-reactive ketones (excluding diaryl/α,β-unsaturated/α-hetero) is 1. The fraction of sp³-hybridized carbons (Fsp3) is 0.462. The second kappa shape index (κ2) is 13.6. The number of carbonyl (C=O) groups excluding carboxylic acids is 2. The van der Waals surface area contributed by atoms with Crippen LogP contribution in [-0.4, -0.2) is 53.0 Å². The van der Waals surface area contributed by atoms with Crippen LogP contribution in [0.4, 0.5) is 35.1 Å². The molecule has 17 heteroatoms. The molecule has 0 bridgehead atoms. The highest BCUT2D eigenvalue weighted by Gasteiger charge is 2.46. The second-order valence-electron chi connectivity index (χ2n) is 9.91. The number of amides is 1. The molecule has 236 valence electrons. The number of benzene rings is 1. The average molecular weight is 627 g/mol. The molecule has 2 aromatic rings. The van der Waals surface area contributed by atoms with E-state index in [0.717, 1.165) is 0 Å². The lowest BCUT2D eigenvalue weighted by atomic mass is 9.90. The monoisotopic (exact) mass is 627 g/mol. The van der Waals surface area contributed by atoms with Crippen molar-refractivity contribution in [2.24, 2.45) is 5.92 Å². The van der Waals surface area contributed by atoms with Gasteiger partial charge in [0.1, 0.15) is 12.6 Å². The third-order valence-electron chi connectivity index (χ3n) is 6.52. The molecule has 3 atom stereocenters.